The van der Waals surface area contributed by atoms with Crippen molar-refractivity contribution in [3.05, 3.63) is 36.0 Å². The molecule has 1 aliphatic heterocycles. The van der Waals surface area contributed by atoms with Crippen molar-refractivity contribution in [1.29, 1.82) is 0 Å². The third-order valence-corrected chi connectivity index (χ3v) is 4.44. The zero-order chi connectivity index (χ0) is 15.5. The van der Waals surface area contributed by atoms with Gasteiger partial charge < -0.3 is 4.90 Å². The summed E-state index contributed by atoms with van der Waals surface area (Å²) < 4.78 is 2.01. The van der Waals surface area contributed by atoms with Crippen LogP contribution in [0.5, 0.6) is 0 Å². The first-order valence-corrected chi connectivity index (χ1v) is 8.27. The van der Waals surface area contributed by atoms with Gasteiger partial charge >= 0.3 is 0 Å². The highest BCUT2D eigenvalue weighted by Gasteiger charge is 2.22. The fourth-order valence-corrected chi connectivity index (χ4v) is 3.02. The highest BCUT2D eigenvalue weighted by Crippen LogP contribution is 2.29. The molecule has 1 fully saturated rings. The van der Waals surface area contributed by atoms with Crippen molar-refractivity contribution in [2.45, 2.75) is 52.0 Å². The Morgan fingerprint density at radius 2 is 2.05 bits per heavy atom. The second-order valence-corrected chi connectivity index (χ2v) is 6.32. The van der Waals surface area contributed by atoms with E-state index in [-0.39, 0.29) is 0 Å². The molecule has 0 unspecified atom stereocenters. The maximum atomic E-state index is 4.71. The third kappa shape index (κ3) is 3.13. The minimum absolute atomic E-state index is 0.373. The molecular weight excluding hydrogens is 274 g/mol. The summed E-state index contributed by atoms with van der Waals surface area (Å²) in [5, 5.41) is 4.40. The smallest absolute Gasteiger partial charge is 0.133 e. The minimum Gasteiger partial charge on any atom is -0.356 e. The van der Waals surface area contributed by atoms with E-state index in [9.17, 15) is 0 Å². The summed E-state index contributed by atoms with van der Waals surface area (Å²) in [5.41, 5.74) is 1.38. The van der Waals surface area contributed by atoms with Gasteiger partial charge in [-0.15, -0.1) is 0 Å². The molecule has 3 heterocycles. The molecule has 1 saturated heterocycles. The predicted molar refractivity (Wildman–Crippen MR) is 88.2 cm³/mol. The molecule has 0 atom stereocenters. The van der Waals surface area contributed by atoms with Crippen LogP contribution < -0.4 is 4.90 Å². The topological polar surface area (TPSA) is 46.8 Å². The molecule has 3 rings (SSSR count). The number of hydrogen-bond donors (Lipinski definition) is 0. The lowest BCUT2D eigenvalue weighted by Crippen LogP contribution is -2.33. The molecule has 5 heteroatoms. The number of aromatic nitrogens is 4. The van der Waals surface area contributed by atoms with Gasteiger partial charge in [-0.25, -0.2) is 9.97 Å². The van der Waals surface area contributed by atoms with Gasteiger partial charge in [0, 0.05) is 37.9 Å². The van der Waals surface area contributed by atoms with Gasteiger partial charge in [-0.2, -0.15) is 5.10 Å². The van der Waals surface area contributed by atoms with Crippen molar-refractivity contribution in [3.8, 4) is 0 Å². The summed E-state index contributed by atoms with van der Waals surface area (Å²) in [6.07, 6.45) is 8.44. The highest BCUT2D eigenvalue weighted by atomic mass is 15.3. The molecule has 2 aromatic rings. The van der Waals surface area contributed by atoms with E-state index in [0.29, 0.717) is 11.8 Å². The van der Waals surface area contributed by atoms with E-state index in [1.807, 2.05) is 23.1 Å². The molecule has 118 valence electrons. The fraction of sp³-hybridized carbons (Fsp3) is 0.588. The Morgan fingerprint density at radius 3 is 2.68 bits per heavy atom. The molecule has 0 aromatic carbocycles. The van der Waals surface area contributed by atoms with E-state index in [1.54, 1.807) is 0 Å². The van der Waals surface area contributed by atoms with Crippen LogP contribution in [0.4, 0.5) is 5.82 Å². The monoisotopic (exact) mass is 299 g/mol. The van der Waals surface area contributed by atoms with Crippen LogP contribution in [0.3, 0.4) is 0 Å². The highest BCUT2D eigenvalue weighted by molar-refractivity contribution is 5.38. The minimum atomic E-state index is 0.373. The Labute approximate surface area is 132 Å². The second-order valence-electron chi connectivity index (χ2n) is 6.32. The lowest BCUT2D eigenvalue weighted by atomic mass is 9.91. The molecule has 0 bridgehead atoms. The van der Waals surface area contributed by atoms with Crippen LogP contribution in [0.25, 0.3) is 0 Å². The predicted octanol–water partition coefficient (Wildman–Crippen LogP) is 3.20. The van der Waals surface area contributed by atoms with Gasteiger partial charge in [-0.1, -0.05) is 13.8 Å². The first-order valence-electron chi connectivity index (χ1n) is 8.27. The summed E-state index contributed by atoms with van der Waals surface area (Å²) >= 11 is 0. The molecule has 0 radical (unpaired) electrons. The maximum absolute atomic E-state index is 4.71. The van der Waals surface area contributed by atoms with Crippen molar-refractivity contribution in [2.24, 2.45) is 0 Å². The summed E-state index contributed by atoms with van der Waals surface area (Å²) in [5.74, 6) is 3.01. The van der Waals surface area contributed by atoms with Crippen molar-refractivity contribution in [2.75, 3.05) is 18.0 Å². The number of anilines is 1. The van der Waals surface area contributed by atoms with Crippen LogP contribution in [-0.2, 0) is 6.54 Å². The SMILES string of the molecule is CCn1cc(C2CCN(c3ccnc(C(C)C)n3)CC2)cn1. The molecule has 0 saturated carbocycles. The zero-order valence-corrected chi connectivity index (χ0v) is 13.7. The number of hydrogen-bond acceptors (Lipinski definition) is 4. The van der Waals surface area contributed by atoms with Gasteiger partial charge in [0.05, 0.1) is 6.20 Å². The third-order valence-electron chi connectivity index (χ3n) is 4.44. The molecule has 0 spiro atoms. The Bertz CT molecular complexity index is 611. The lowest BCUT2D eigenvalue weighted by molar-refractivity contribution is 0.501. The van der Waals surface area contributed by atoms with Gasteiger partial charge in [0.25, 0.3) is 0 Å². The van der Waals surface area contributed by atoms with Crippen molar-refractivity contribution in [1.82, 2.24) is 19.7 Å². The van der Waals surface area contributed by atoms with Crippen LogP contribution in [-0.4, -0.2) is 32.8 Å². The lowest BCUT2D eigenvalue weighted by Gasteiger charge is -2.32. The van der Waals surface area contributed by atoms with Crippen LogP contribution in [0, 0.1) is 0 Å². The van der Waals surface area contributed by atoms with E-state index in [2.05, 4.69) is 42.0 Å². The van der Waals surface area contributed by atoms with Crippen LogP contribution >= 0.6 is 0 Å². The van der Waals surface area contributed by atoms with Gasteiger partial charge in [-0.05, 0) is 37.3 Å². The normalized spacial score (nSPS) is 16.5. The van der Waals surface area contributed by atoms with Gasteiger partial charge in [0.2, 0.25) is 0 Å². The molecular formula is C17H25N5. The van der Waals surface area contributed by atoms with Crippen molar-refractivity contribution < 1.29 is 0 Å². The van der Waals surface area contributed by atoms with Crippen LogP contribution in [0.1, 0.15) is 56.8 Å². The molecule has 0 N–H and O–H groups in total. The Hall–Kier alpha value is -1.91. The number of piperidine rings is 1. The summed E-state index contributed by atoms with van der Waals surface area (Å²) in [4.78, 5) is 11.5. The molecule has 22 heavy (non-hydrogen) atoms. The average Bonchev–Trinajstić information content (AvgIpc) is 3.04. The van der Waals surface area contributed by atoms with Gasteiger partial charge in [0.15, 0.2) is 0 Å². The van der Waals surface area contributed by atoms with Crippen LogP contribution in [0.15, 0.2) is 24.7 Å². The van der Waals surface area contributed by atoms with Gasteiger partial charge in [-0.3, -0.25) is 4.68 Å². The van der Waals surface area contributed by atoms with Gasteiger partial charge in [0.1, 0.15) is 11.6 Å². The molecule has 5 nitrogen and oxygen atoms in total. The number of rotatable bonds is 4. The number of nitrogens with zero attached hydrogens (tertiary/aromatic N) is 5. The quantitative estimate of drug-likeness (QED) is 0.870. The van der Waals surface area contributed by atoms with Crippen molar-refractivity contribution >= 4 is 5.82 Å². The first kappa shape index (κ1) is 15.0. The molecule has 1 aliphatic rings. The average molecular weight is 299 g/mol. The summed E-state index contributed by atoms with van der Waals surface area (Å²) in [6, 6.07) is 2.03. The number of aryl methyl sites for hydroxylation is 1. The maximum Gasteiger partial charge on any atom is 0.133 e. The molecule has 0 aliphatic carbocycles. The van der Waals surface area contributed by atoms with Crippen LogP contribution in [0.2, 0.25) is 0 Å². The molecule has 0 amide bonds. The Balaban J connectivity index is 1.65. The Kier molecular flexibility index (Phi) is 4.41. The van der Waals surface area contributed by atoms with E-state index in [0.717, 1.165) is 44.1 Å². The van der Waals surface area contributed by atoms with E-state index < -0.39 is 0 Å². The summed E-state index contributed by atoms with van der Waals surface area (Å²) in [6.45, 7) is 9.44. The zero-order valence-electron chi connectivity index (χ0n) is 13.7. The standard InChI is InChI=1S/C17H25N5/c1-4-22-12-15(11-19-22)14-6-9-21(10-7-14)16-5-8-18-17(20-16)13(2)3/h5,8,11-14H,4,6-7,9-10H2,1-3H3. The second kappa shape index (κ2) is 6.46. The van der Waals surface area contributed by atoms with E-state index >= 15 is 0 Å². The van der Waals surface area contributed by atoms with E-state index in [4.69, 9.17) is 4.98 Å². The molecule has 2 aromatic heterocycles. The fourth-order valence-electron chi connectivity index (χ4n) is 3.02. The summed E-state index contributed by atoms with van der Waals surface area (Å²) in [7, 11) is 0. The van der Waals surface area contributed by atoms with Crippen molar-refractivity contribution in [3.63, 3.8) is 0 Å². The largest absolute Gasteiger partial charge is 0.356 e. The Morgan fingerprint density at radius 1 is 1.27 bits per heavy atom. The van der Waals surface area contributed by atoms with E-state index in [1.165, 1.54) is 5.56 Å². The first-order chi connectivity index (χ1) is 10.7.